The molecule has 0 atom stereocenters. The third-order valence-corrected chi connectivity index (χ3v) is 2.06. The van der Waals surface area contributed by atoms with Crippen LogP contribution in [0.5, 0.6) is 11.6 Å². The smallest absolute Gasteiger partial charge is 0.222 e. The zero-order valence-corrected chi connectivity index (χ0v) is 8.77. The molecule has 3 nitrogen and oxygen atoms in total. The highest BCUT2D eigenvalue weighted by molar-refractivity contribution is 5.34. The Labute approximate surface area is 88.8 Å². The van der Waals surface area contributed by atoms with Gasteiger partial charge in [-0.1, -0.05) is 18.2 Å². The largest absolute Gasteiger partial charge is 0.439 e. The third kappa shape index (κ3) is 2.31. The van der Waals surface area contributed by atoms with Crippen molar-refractivity contribution >= 4 is 0 Å². The van der Waals surface area contributed by atoms with Gasteiger partial charge in [-0.3, -0.25) is 0 Å². The molecule has 0 N–H and O–H groups in total. The first-order valence-corrected chi connectivity index (χ1v) is 4.79. The normalized spacial score (nSPS) is 10.0. The van der Waals surface area contributed by atoms with E-state index < -0.39 is 0 Å². The molecule has 1 heterocycles. The van der Waals surface area contributed by atoms with Gasteiger partial charge < -0.3 is 4.74 Å². The highest BCUT2D eigenvalue weighted by Crippen LogP contribution is 2.22. The summed E-state index contributed by atoms with van der Waals surface area (Å²) >= 11 is 0. The summed E-state index contributed by atoms with van der Waals surface area (Å²) in [5.41, 5.74) is 1.09. The van der Waals surface area contributed by atoms with Gasteiger partial charge in [-0.05, 0) is 25.5 Å². The number of nitrogens with zero attached hydrogens (tertiary/aromatic N) is 2. The quantitative estimate of drug-likeness (QED) is 0.747. The van der Waals surface area contributed by atoms with Crippen LogP contribution in [0.15, 0.2) is 36.5 Å². The van der Waals surface area contributed by atoms with Gasteiger partial charge in [-0.2, -0.15) is 4.98 Å². The van der Waals surface area contributed by atoms with Crippen LogP contribution in [-0.4, -0.2) is 9.97 Å². The lowest BCUT2D eigenvalue weighted by Crippen LogP contribution is -1.92. The van der Waals surface area contributed by atoms with Crippen LogP contribution >= 0.6 is 0 Å². The van der Waals surface area contributed by atoms with Gasteiger partial charge in [-0.15, -0.1) is 0 Å². The number of ether oxygens (including phenoxy) is 1. The molecular formula is C12H12N2O. The maximum Gasteiger partial charge on any atom is 0.222 e. The van der Waals surface area contributed by atoms with E-state index in [1.54, 1.807) is 12.3 Å². The van der Waals surface area contributed by atoms with Crippen LogP contribution in [0.4, 0.5) is 0 Å². The van der Waals surface area contributed by atoms with E-state index >= 15 is 0 Å². The first kappa shape index (κ1) is 9.65. The lowest BCUT2D eigenvalue weighted by molar-refractivity contribution is 0.456. The van der Waals surface area contributed by atoms with Crippen molar-refractivity contribution < 1.29 is 4.74 Å². The fourth-order valence-electron chi connectivity index (χ4n) is 1.27. The molecular weight excluding hydrogens is 188 g/mol. The van der Waals surface area contributed by atoms with Crippen LogP contribution in [0.3, 0.4) is 0 Å². The van der Waals surface area contributed by atoms with Crippen molar-refractivity contribution in [3.05, 3.63) is 47.9 Å². The molecule has 0 fully saturated rings. The van der Waals surface area contributed by atoms with Crippen LogP contribution in [-0.2, 0) is 0 Å². The van der Waals surface area contributed by atoms with Gasteiger partial charge in [0.05, 0.1) is 0 Å². The van der Waals surface area contributed by atoms with Crippen molar-refractivity contribution in [2.24, 2.45) is 0 Å². The maximum absolute atomic E-state index is 5.64. The van der Waals surface area contributed by atoms with E-state index in [9.17, 15) is 0 Å². The van der Waals surface area contributed by atoms with E-state index in [4.69, 9.17) is 4.74 Å². The summed E-state index contributed by atoms with van der Waals surface area (Å²) in [4.78, 5) is 8.19. The molecule has 3 heteroatoms. The Morgan fingerprint density at radius 1 is 1.07 bits per heavy atom. The first-order chi connectivity index (χ1) is 7.25. The summed E-state index contributed by atoms with van der Waals surface area (Å²) in [6, 6.07) is 9.60. The van der Waals surface area contributed by atoms with Crippen molar-refractivity contribution in [1.29, 1.82) is 0 Å². The van der Waals surface area contributed by atoms with Crippen LogP contribution in [0, 0.1) is 13.8 Å². The molecule has 0 spiro atoms. The Morgan fingerprint density at radius 2 is 1.87 bits per heavy atom. The first-order valence-electron chi connectivity index (χ1n) is 4.79. The average molecular weight is 200 g/mol. The Bertz CT molecular complexity index is 469. The van der Waals surface area contributed by atoms with E-state index in [2.05, 4.69) is 9.97 Å². The molecule has 0 amide bonds. The SMILES string of the molecule is Cc1nccc(Oc2ccccc2C)n1. The van der Waals surface area contributed by atoms with Crippen molar-refractivity contribution in [1.82, 2.24) is 9.97 Å². The lowest BCUT2D eigenvalue weighted by Gasteiger charge is -2.06. The molecule has 2 aromatic rings. The maximum atomic E-state index is 5.64. The van der Waals surface area contributed by atoms with Crippen molar-refractivity contribution in [3.63, 3.8) is 0 Å². The Kier molecular flexibility index (Phi) is 2.63. The summed E-state index contributed by atoms with van der Waals surface area (Å²) in [7, 11) is 0. The molecule has 1 aromatic carbocycles. The number of benzene rings is 1. The molecule has 0 aliphatic rings. The fourth-order valence-corrected chi connectivity index (χ4v) is 1.27. The van der Waals surface area contributed by atoms with Gasteiger partial charge in [-0.25, -0.2) is 4.98 Å². The monoisotopic (exact) mass is 200 g/mol. The van der Waals surface area contributed by atoms with Crippen LogP contribution < -0.4 is 4.74 Å². The highest BCUT2D eigenvalue weighted by Gasteiger charge is 2.01. The number of para-hydroxylation sites is 1. The topological polar surface area (TPSA) is 35.0 Å². The highest BCUT2D eigenvalue weighted by atomic mass is 16.5. The number of hydrogen-bond donors (Lipinski definition) is 0. The van der Waals surface area contributed by atoms with Crippen LogP contribution in [0.1, 0.15) is 11.4 Å². The molecule has 15 heavy (non-hydrogen) atoms. The lowest BCUT2D eigenvalue weighted by atomic mass is 10.2. The van der Waals surface area contributed by atoms with Crippen LogP contribution in [0.25, 0.3) is 0 Å². The van der Waals surface area contributed by atoms with Gasteiger partial charge in [0.25, 0.3) is 0 Å². The van der Waals surface area contributed by atoms with Crippen molar-refractivity contribution in [3.8, 4) is 11.6 Å². The third-order valence-electron chi connectivity index (χ3n) is 2.06. The second kappa shape index (κ2) is 4.09. The van der Waals surface area contributed by atoms with Crippen molar-refractivity contribution in [2.75, 3.05) is 0 Å². The number of aryl methyl sites for hydroxylation is 2. The second-order valence-electron chi connectivity index (χ2n) is 3.31. The summed E-state index contributed by atoms with van der Waals surface area (Å²) in [6.45, 7) is 3.84. The Balaban J connectivity index is 2.26. The van der Waals surface area contributed by atoms with E-state index in [-0.39, 0.29) is 0 Å². The predicted molar refractivity (Wildman–Crippen MR) is 58.0 cm³/mol. The fraction of sp³-hybridized carbons (Fsp3) is 0.167. The van der Waals surface area contributed by atoms with E-state index in [0.29, 0.717) is 11.7 Å². The Hall–Kier alpha value is -1.90. The van der Waals surface area contributed by atoms with E-state index in [0.717, 1.165) is 11.3 Å². The molecule has 0 saturated heterocycles. The average Bonchev–Trinajstić information content (AvgIpc) is 2.22. The number of aromatic nitrogens is 2. The van der Waals surface area contributed by atoms with Gasteiger partial charge in [0.15, 0.2) is 0 Å². The summed E-state index contributed by atoms with van der Waals surface area (Å²) in [6.07, 6.45) is 1.69. The minimum Gasteiger partial charge on any atom is -0.439 e. The van der Waals surface area contributed by atoms with Gasteiger partial charge in [0, 0.05) is 12.3 Å². The molecule has 0 aliphatic carbocycles. The molecule has 0 aliphatic heterocycles. The number of hydrogen-bond acceptors (Lipinski definition) is 3. The predicted octanol–water partition coefficient (Wildman–Crippen LogP) is 2.89. The standard InChI is InChI=1S/C12H12N2O/c1-9-5-3-4-6-11(9)15-12-7-8-13-10(2)14-12/h3-8H,1-2H3. The van der Waals surface area contributed by atoms with E-state index in [1.165, 1.54) is 0 Å². The molecule has 1 aromatic heterocycles. The summed E-state index contributed by atoms with van der Waals surface area (Å²) in [5.74, 6) is 2.12. The number of rotatable bonds is 2. The van der Waals surface area contributed by atoms with Gasteiger partial charge in [0.2, 0.25) is 5.88 Å². The van der Waals surface area contributed by atoms with Gasteiger partial charge in [0.1, 0.15) is 11.6 Å². The second-order valence-corrected chi connectivity index (χ2v) is 3.31. The van der Waals surface area contributed by atoms with Crippen molar-refractivity contribution in [2.45, 2.75) is 13.8 Å². The zero-order valence-electron chi connectivity index (χ0n) is 8.77. The molecule has 0 radical (unpaired) electrons. The van der Waals surface area contributed by atoms with Crippen LogP contribution in [0.2, 0.25) is 0 Å². The molecule has 0 bridgehead atoms. The molecule has 0 saturated carbocycles. The molecule has 76 valence electrons. The molecule has 0 unspecified atom stereocenters. The minimum absolute atomic E-state index is 0.580. The molecule has 2 rings (SSSR count). The summed E-state index contributed by atoms with van der Waals surface area (Å²) in [5, 5.41) is 0. The minimum atomic E-state index is 0.580. The summed E-state index contributed by atoms with van der Waals surface area (Å²) < 4.78 is 5.64. The zero-order chi connectivity index (χ0) is 10.7. The Morgan fingerprint density at radius 3 is 2.60 bits per heavy atom. The van der Waals surface area contributed by atoms with E-state index in [1.807, 2.05) is 38.1 Å². The van der Waals surface area contributed by atoms with Gasteiger partial charge >= 0.3 is 0 Å².